The SMILES string of the molecule is CC(C)(C)[S@+]([O-])/N=C\c1nc(C(OCC[Si](C)(C)C)OC(N)=O)sc1Cl. The lowest BCUT2D eigenvalue weighted by molar-refractivity contribution is -0.101. The molecular formula is C15H26ClN3O4S2Si. The lowest BCUT2D eigenvalue weighted by Gasteiger charge is -2.19. The molecule has 1 amide bonds. The highest BCUT2D eigenvalue weighted by Crippen LogP contribution is 2.31. The molecule has 1 unspecified atom stereocenters. The second-order valence-corrected chi connectivity index (χ2v) is 16.9. The van der Waals surface area contributed by atoms with E-state index in [-0.39, 0.29) is 0 Å². The van der Waals surface area contributed by atoms with Crippen LogP contribution in [0.1, 0.15) is 37.8 Å². The molecule has 1 aromatic heterocycles. The summed E-state index contributed by atoms with van der Waals surface area (Å²) in [6.45, 7) is 12.5. The van der Waals surface area contributed by atoms with Gasteiger partial charge in [0.15, 0.2) is 5.01 Å². The van der Waals surface area contributed by atoms with Crippen LogP contribution in [0.5, 0.6) is 0 Å². The molecule has 26 heavy (non-hydrogen) atoms. The fourth-order valence-electron chi connectivity index (χ4n) is 1.50. The number of hydrogen-bond donors (Lipinski definition) is 1. The van der Waals surface area contributed by atoms with Crippen molar-refractivity contribution in [1.29, 1.82) is 0 Å². The number of amides is 1. The van der Waals surface area contributed by atoms with Gasteiger partial charge in [0.1, 0.15) is 32.4 Å². The second kappa shape index (κ2) is 9.51. The summed E-state index contributed by atoms with van der Waals surface area (Å²) < 4.78 is 26.5. The maximum Gasteiger partial charge on any atom is 0.407 e. The first-order valence-corrected chi connectivity index (χ1v) is 14.0. The van der Waals surface area contributed by atoms with Crippen molar-refractivity contribution < 1.29 is 18.8 Å². The molecule has 2 atom stereocenters. The molecule has 11 heteroatoms. The normalized spacial score (nSPS) is 15.2. The van der Waals surface area contributed by atoms with Crippen LogP contribution in [0, 0.1) is 0 Å². The third-order valence-electron chi connectivity index (χ3n) is 2.97. The second-order valence-electron chi connectivity index (χ2n) is 7.76. The minimum Gasteiger partial charge on any atom is -0.591 e. The molecule has 148 valence electrons. The van der Waals surface area contributed by atoms with Crippen molar-refractivity contribution in [1.82, 2.24) is 4.98 Å². The molecular weight excluding hydrogens is 414 g/mol. The van der Waals surface area contributed by atoms with Crippen LogP contribution in [0.15, 0.2) is 4.40 Å². The van der Waals surface area contributed by atoms with Gasteiger partial charge in [-0.1, -0.05) is 47.0 Å². The first kappa shape index (κ1) is 23.4. The van der Waals surface area contributed by atoms with Crippen LogP contribution in [0.4, 0.5) is 4.79 Å². The number of ether oxygens (including phenoxy) is 2. The fourth-order valence-corrected chi connectivity index (χ4v) is 3.81. The molecule has 1 rings (SSSR count). The Hall–Kier alpha value is -0.653. The van der Waals surface area contributed by atoms with Crippen molar-refractivity contribution in [2.45, 2.75) is 57.5 Å². The first-order chi connectivity index (χ1) is 11.8. The van der Waals surface area contributed by atoms with Crippen molar-refractivity contribution in [2.24, 2.45) is 10.1 Å². The van der Waals surface area contributed by atoms with E-state index in [9.17, 15) is 9.35 Å². The maximum atomic E-state index is 12.0. The minimum atomic E-state index is -1.43. The summed E-state index contributed by atoms with van der Waals surface area (Å²) in [5.41, 5.74) is 5.47. The zero-order chi connectivity index (χ0) is 20.1. The van der Waals surface area contributed by atoms with E-state index >= 15 is 0 Å². The molecule has 0 fully saturated rings. The van der Waals surface area contributed by atoms with E-state index in [1.54, 1.807) is 0 Å². The van der Waals surface area contributed by atoms with Crippen LogP contribution in [-0.4, -0.2) is 41.3 Å². The number of primary amides is 1. The van der Waals surface area contributed by atoms with E-state index in [1.165, 1.54) is 6.21 Å². The van der Waals surface area contributed by atoms with E-state index in [2.05, 4.69) is 29.0 Å². The Morgan fingerprint density at radius 3 is 2.62 bits per heavy atom. The minimum absolute atomic E-state index is 0.335. The van der Waals surface area contributed by atoms with E-state index in [4.69, 9.17) is 26.8 Å². The summed E-state index contributed by atoms with van der Waals surface area (Å²) in [6.07, 6.45) is -0.632. The van der Waals surface area contributed by atoms with Crippen LogP contribution in [0.2, 0.25) is 30.0 Å². The third-order valence-corrected chi connectivity index (χ3v) is 7.32. The molecule has 0 bridgehead atoms. The van der Waals surface area contributed by atoms with Crippen LogP contribution >= 0.6 is 22.9 Å². The van der Waals surface area contributed by atoms with Crippen LogP contribution in [-0.2, 0) is 20.8 Å². The predicted octanol–water partition coefficient (Wildman–Crippen LogP) is 4.13. The van der Waals surface area contributed by atoms with E-state index < -0.39 is 36.6 Å². The lowest BCUT2D eigenvalue weighted by atomic mass is 10.3. The highest BCUT2D eigenvalue weighted by molar-refractivity contribution is 7.91. The molecule has 2 N–H and O–H groups in total. The first-order valence-electron chi connectivity index (χ1n) is 7.99. The zero-order valence-corrected chi connectivity index (χ0v) is 19.3. The van der Waals surface area contributed by atoms with Crippen LogP contribution < -0.4 is 5.73 Å². The topological polar surface area (TPSA) is 110 Å². The smallest absolute Gasteiger partial charge is 0.407 e. The van der Waals surface area contributed by atoms with E-state index in [0.29, 0.717) is 21.6 Å². The number of aromatic nitrogens is 1. The third kappa shape index (κ3) is 8.36. The van der Waals surface area contributed by atoms with Gasteiger partial charge in [0, 0.05) is 14.7 Å². The maximum absolute atomic E-state index is 12.0. The van der Waals surface area contributed by atoms with E-state index in [1.807, 2.05) is 20.8 Å². The quantitative estimate of drug-likeness (QED) is 0.283. The van der Waals surface area contributed by atoms with Gasteiger partial charge in [-0.15, -0.1) is 0 Å². The molecule has 0 aliphatic carbocycles. The number of thiazole rings is 1. The molecule has 0 radical (unpaired) electrons. The van der Waals surface area contributed by atoms with Crippen molar-refractivity contribution in [3.63, 3.8) is 0 Å². The zero-order valence-electron chi connectivity index (χ0n) is 15.9. The summed E-state index contributed by atoms with van der Waals surface area (Å²) in [4.78, 5) is 15.5. The monoisotopic (exact) mass is 439 g/mol. The molecule has 0 aliphatic rings. The van der Waals surface area contributed by atoms with Gasteiger partial charge in [-0.25, -0.2) is 9.78 Å². The summed E-state index contributed by atoms with van der Waals surface area (Å²) in [5, 5.41) is 0.354. The largest absolute Gasteiger partial charge is 0.591 e. The Kier molecular flexibility index (Phi) is 8.56. The van der Waals surface area contributed by atoms with Crippen molar-refractivity contribution >= 4 is 54.7 Å². The van der Waals surface area contributed by atoms with E-state index in [0.717, 1.165) is 17.4 Å². The highest BCUT2D eigenvalue weighted by Gasteiger charge is 2.27. The highest BCUT2D eigenvalue weighted by atomic mass is 35.5. The number of carbonyl (C=O) groups excluding carboxylic acids is 1. The predicted molar refractivity (Wildman–Crippen MR) is 110 cm³/mol. The van der Waals surface area contributed by atoms with Crippen molar-refractivity contribution in [3.05, 3.63) is 15.0 Å². The van der Waals surface area contributed by atoms with Gasteiger partial charge in [-0.3, -0.25) is 0 Å². The van der Waals surface area contributed by atoms with Crippen molar-refractivity contribution in [3.8, 4) is 0 Å². The average Bonchev–Trinajstić information content (AvgIpc) is 2.82. The number of nitrogens with zero attached hydrogens (tertiary/aromatic N) is 2. The Morgan fingerprint density at radius 2 is 2.12 bits per heavy atom. The Balaban J connectivity index is 2.91. The Labute approximate surface area is 167 Å². The molecule has 0 aromatic carbocycles. The fraction of sp³-hybridized carbons (Fsp3) is 0.667. The molecule has 0 spiro atoms. The van der Waals surface area contributed by atoms with Gasteiger partial charge in [-0.2, -0.15) is 0 Å². The number of nitrogens with two attached hydrogens (primary N) is 1. The van der Waals surface area contributed by atoms with Gasteiger partial charge >= 0.3 is 6.09 Å². The van der Waals surface area contributed by atoms with Gasteiger partial charge in [0.05, 0.1) is 0 Å². The Morgan fingerprint density at radius 1 is 1.50 bits per heavy atom. The summed E-state index contributed by atoms with van der Waals surface area (Å²) in [5.74, 6) is 0. The lowest BCUT2D eigenvalue weighted by Crippen LogP contribution is -2.25. The number of carbonyl (C=O) groups is 1. The molecule has 1 heterocycles. The van der Waals surface area contributed by atoms with Gasteiger partial charge in [0.2, 0.25) is 0 Å². The number of rotatable bonds is 8. The summed E-state index contributed by atoms with van der Waals surface area (Å²) >= 11 is 5.85. The summed E-state index contributed by atoms with van der Waals surface area (Å²) in [7, 11) is -1.31. The van der Waals surface area contributed by atoms with Gasteiger partial charge in [0.25, 0.3) is 6.29 Å². The Bertz CT molecular complexity index is 644. The van der Waals surface area contributed by atoms with Crippen LogP contribution in [0.25, 0.3) is 0 Å². The van der Waals surface area contributed by atoms with Crippen LogP contribution in [0.3, 0.4) is 0 Å². The van der Waals surface area contributed by atoms with Crippen molar-refractivity contribution in [2.75, 3.05) is 6.61 Å². The molecule has 7 nitrogen and oxygen atoms in total. The summed E-state index contributed by atoms with van der Waals surface area (Å²) in [6, 6.07) is 0.892. The average molecular weight is 440 g/mol. The number of halogens is 1. The molecule has 1 aromatic rings. The standard InChI is InChI=1S/C15H26ClN3O4S2Si/c1-15(2,3)25(21)18-9-10-11(16)24-12(19-10)13(23-14(17)20)22-7-8-26(4,5)6/h9,13H,7-8H2,1-6H3,(H2,17,20)/b18-9-/t13?,25-/m0/s1. The molecule has 0 aliphatic heterocycles. The van der Waals surface area contributed by atoms with Gasteiger partial charge in [-0.05, 0) is 26.8 Å². The molecule has 0 saturated carbocycles. The number of hydrogen-bond acceptors (Lipinski definition) is 7. The van der Waals surface area contributed by atoms with Gasteiger partial charge < -0.3 is 19.8 Å². The molecule has 0 saturated heterocycles.